The van der Waals surface area contributed by atoms with Gasteiger partial charge in [0.1, 0.15) is 0 Å². The minimum Gasteiger partial charge on any atom is -0.477 e. The lowest BCUT2D eigenvalue weighted by atomic mass is 10.0. The lowest BCUT2D eigenvalue weighted by Crippen LogP contribution is -2.21. The third-order valence-electron chi connectivity index (χ3n) is 3.89. The first-order valence-corrected chi connectivity index (χ1v) is 8.73. The molecule has 0 unspecified atom stereocenters. The van der Waals surface area contributed by atoms with E-state index in [4.69, 9.17) is 9.47 Å². The van der Waals surface area contributed by atoms with Crippen molar-refractivity contribution in [3.8, 4) is 5.88 Å². The minimum atomic E-state index is -0.189. The van der Waals surface area contributed by atoms with Crippen LogP contribution in [-0.4, -0.2) is 30.7 Å². The lowest BCUT2D eigenvalue weighted by molar-refractivity contribution is 0.0490. The second kappa shape index (κ2) is 8.26. The van der Waals surface area contributed by atoms with E-state index in [0.29, 0.717) is 24.0 Å². The minimum absolute atomic E-state index is 0.189. The van der Waals surface area contributed by atoms with Gasteiger partial charge < -0.3 is 14.8 Å². The third-order valence-corrected chi connectivity index (χ3v) is 4.38. The highest BCUT2D eigenvalue weighted by Crippen LogP contribution is 2.19. The summed E-state index contributed by atoms with van der Waals surface area (Å²) in [6.45, 7) is 2.18. The molecule has 1 aromatic carbocycles. The zero-order valence-corrected chi connectivity index (χ0v) is 14.8. The van der Waals surface area contributed by atoms with Crippen molar-refractivity contribution in [2.75, 3.05) is 25.1 Å². The van der Waals surface area contributed by atoms with Crippen LogP contribution in [0.4, 0.5) is 5.69 Å². The molecule has 2 aromatic rings. The number of anilines is 1. The van der Waals surface area contributed by atoms with Gasteiger partial charge in [-0.2, -0.15) is 0 Å². The van der Waals surface area contributed by atoms with Crippen molar-refractivity contribution in [3.05, 3.63) is 52.6 Å². The number of pyridine rings is 1. The van der Waals surface area contributed by atoms with E-state index in [1.807, 2.05) is 24.3 Å². The Morgan fingerprint density at radius 2 is 2.12 bits per heavy atom. The number of aromatic nitrogens is 1. The molecule has 3 rings (SSSR count). The first-order valence-electron chi connectivity index (χ1n) is 7.94. The molecule has 1 amide bonds. The Morgan fingerprint density at radius 3 is 2.92 bits per heavy atom. The van der Waals surface area contributed by atoms with Gasteiger partial charge in [-0.3, -0.25) is 4.79 Å². The predicted molar refractivity (Wildman–Crippen MR) is 95.4 cm³/mol. The summed E-state index contributed by atoms with van der Waals surface area (Å²) < 4.78 is 12.0. The van der Waals surface area contributed by atoms with Crippen molar-refractivity contribution in [2.24, 2.45) is 5.92 Å². The van der Waals surface area contributed by atoms with Crippen molar-refractivity contribution in [2.45, 2.75) is 12.8 Å². The standard InChI is InChI=1S/C18H19BrN2O3/c19-15-2-1-3-16(11-15)21-18(22)14-4-7-20-17(10-14)24-12-13-5-8-23-9-6-13/h1-4,7,10-11,13H,5-6,8-9,12H2,(H,21,22). The summed E-state index contributed by atoms with van der Waals surface area (Å²) in [7, 11) is 0. The molecule has 24 heavy (non-hydrogen) atoms. The van der Waals surface area contributed by atoms with Crippen LogP contribution in [0.5, 0.6) is 5.88 Å². The molecule has 0 aliphatic carbocycles. The van der Waals surface area contributed by atoms with E-state index in [1.165, 1.54) is 0 Å². The highest BCUT2D eigenvalue weighted by atomic mass is 79.9. The maximum atomic E-state index is 12.4. The van der Waals surface area contributed by atoms with Gasteiger partial charge >= 0.3 is 0 Å². The summed E-state index contributed by atoms with van der Waals surface area (Å²) in [6, 6.07) is 10.8. The number of carbonyl (C=O) groups is 1. The van der Waals surface area contributed by atoms with Crippen LogP contribution < -0.4 is 10.1 Å². The largest absolute Gasteiger partial charge is 0.477 e. The molecule has 1 fully saturated rings. The number of benzene rings is 1. The van der Waals surface area contributed by atoms with Gasteiger partial charge in [-0.15, -0.1) is 0 Å². The van der Waals surface area contributed by atoms with Gasteiger partial charge in [0, 0.05) is 41.2 Å². The molecule has 0 bridgehead atoms. The molecule has 0 radical (unpaired) electrons. The van der Waals surface area contributed by atoms with E-state index >= 15 is 0 Å². The number of rotatable bonds is 5. The number of hydrogen-bond acceptors (Lipinski definition) is 4. The number of nitrogens with one attached hydrogen (secondary N) is 1. The smallest absolute Gasteiger partial charge is 0.255 e. The number of amides is 1. The van der Waals surface area contributed by atoms with Crippen LogP contribution in [0, 0.1) is 5.92 Å². The van der Waals surface area contributed by atoms with Crippen molar-refractivity contribution in [3.63, 3.8) is 0 Å². The molecule has 126 valence electrons. The van der Waals surface area contributed by atoms with Crippen molar-refractivity contribution in [1.29, 1.82) is 0 Å². The molecule has 0 atom stereocenters. The second-order valence-corrected chi connectivity index (χ2v) is 6.63. The number of ether oxygens (including phenoxy) is 2. The summed E-state index contributed by atoms with van der Waals surface area (Å²) in [4.78, 5) is 16.5. The van der Waals surface area contributed by atoms with Gasteiger partial charge in [0.05, 0.1) is 6.61 Å². The van der Waals surface area contributed by atoms with Crippen molar-refractivity contribution >= 4 is 27.5 Å². The molecule has 2 heterocycles. The van der Waals surface area contributed by atoms with Gasteiger partial charge in [-0.1, -0.05) is 22.0 Å². The Kier molecular flexibility index (Phi) is 5.82. The normalized spacial score (nSPS) is 15.0. The molecular weight excluding hydrogens is 372 g/mol. The van der Waals surface area contributed by atoms with Crippen LogP contribution in [-0.2, 0) is 4.74 Å². The summed E-state index contributed by atoms with van der Waals surface area (Å²) in [6.07, 6.45) is 3.60. The van der Waals surface area contributed by atoms with Crippen LogP contribution in [0.2, 0.25) is 0 Å². The summed E-state index contributed by atoms with van der Waals surface area (Å²) in [5.74, 6) is 0.773. The van der Waals surface area contributed by atoms with Crippen molar-refractivity contribution < 1.29 is 14.3 Å². The van der Waals surface area contributed by atoms with Gasteiger partial charge in [0.25, 0.3) is 5.91 Å². The summed E-state index contributed by atoms with van der Waals surface area (Å²) in [5.41, 5.74) is 1.25. The summed E-state index contributed by atoms with van der Waals surface area (Å²) >= 11 is 3.39. The maximum absolute atomic E-state index is 12.4. The van der Waals surface area contributed by atoms with Crippen LogP contribution in [0.1, 0.15) is 23.2 Å². The molecular formula is C18H19BrN2O3. The highest BCUT2D eigenvalue weighted by Gasteiger charge is 2.15. The number of halogens is 1. The molecule has 1 N–H and O–H groups in total. The maximum Gasteiger partial charge on any atom is 0.255 e. The van der Waals surface area contributed by atoms with E-state index < -0.39 is 0 Å². The molecule has 5 nitrogen and oxygen atoms in total. The monoisotopic (exact) mass is 390 g/mol. The van der Waals surface area contributed by atoms with Crippen molar-refractivity contribution in [1.82, 2.24) is 4.98 Å². The molecule has 0 spiro atoms. The van der Waals surface area contributed by atoms with Crippen LogP contribution >= 0.6 is 15.9 Å². The van der Waals surface area contributed by atoms with Crippen LogP contribution in [0.3, 0.4) is 0 Å². The SMILES string of the molecule is O=C(Nc1cccc(Br)c1)c1ccnc(OCC2CCOCC2)c1. The first-order chi connectivity index (χ1) is 11.7. The zero-order valence-electron chi connectivity index (χ0n) is 13.2. The Balaban J connectivity index is 1.60. The molecule has 6 heteroatoms. The Labute approximate surface area is 149 Å². The zero-order chi connectivity index (χ0) is 16.8. The molecule has 1 saturated heterocycles. The number of carbonyl (C=O) groups excluding carboxylic acids is 1. The van der Waals surface area contributed by atoms with Crippen LogP contribution in [0.15, 0.2) is 47.1 Å². The predicted octanol–water partition coefficient (Wildman–Crippen LogP) is 3.90. The molecule has 1 aliphatic heterocycles. The average molecular weight is 391 g/mol. The fourth-order valence-electron chi connectivity index (χ4n) is 2.52. The Bertz CT molecular complexity index is 702. The number of hydrogen-bond donors (Lipinski definition) is 1. The van der Waals surface area contributed by atoms with E-state index in [-0.39, 0.29) is 5.91 Å². The summed E-state index contributed by atoms with van der Waals surface area (Å²) in [5, 5.41) is 2.86. The van der Waals surface area contributed by atoms with Gasteiger partial charge in [0.15, 0.2) is 0 Å². The molecule has 1 aromatic heterocycles. The van der Waals surface area contributed by atoms with Gasteiger partial charge in [-0.25, -0.2) is 4.98 Å². The topological polar surface area (TPSA) is 60.5 Å². The lowest BCUT2D eigenvalue weighted by Gasteiger charge is -2.21. The van der Waals surface area contributed by atoms with E-state index in [2.05, 4.69) is 26.2 Å². The molecule has 1 aliphatic rings. The van der Waals surface area contributed by atoms with E-state index in [0.717, 1.165) is 36.2 Å². The third kappa shape index (κ3) is 4.79. The first kappa shape index (κ1) is 16.9. The highest BCUT2D eigenvalue weighted by molar-refractivity contribution is 9.10. The fourth-order valence-corrected chi connectivity index (χ4v) is 2.91. The number of nitrogens with zero attached hydrogens (tertiary/aromatic N) is 1. The fraction of sp³-hybridized carbons (Fsp3) is 0.333. The van der Waals surface area contributed by atoms with E-state index in [9.17, 15) is 4.79 Å². The Morgan fingerprint density at radius 1 is 1.29 bits per heavy atom. The Hall–Kier alpha value is -1.92. The quantitative estimate of drug-likeness (QED) is 0.840. The molecule has 0 saturated carbocycles. The second-order valence-electron chi connectivity index (χ2n) is 5.71. The van der Waals surface area contributed by atoms with Crippen LogP contribution in [0.25, 0.3) is 0 Å². The van der Waals surface area contributed by atoms with Gasteiger partial charge in [0.2, 0.25) is 5.88 Å². The average Bonchev–Trinajstić information content (AvgIpc) is 2.61. The van der Waals surface area contributed by atoms with E-state index in [1.54, 1.807) is 18.3 Å². The van der Waals surface area contributed by atoms with Gasteiger partial charge in [-0.05, 0) is 43.0 Å².